The quantitative estimate of drug-likeness (QED) is 0.698. The number of hydrogen-bond donors (Lipinski definition) is 2. The first-order chi connectivity index (χ1) is 9.29. The van der Waals surface area contributed by atoms with E-state index in [1.807, 2.05) is 13.8 Å². The summed E-state index contributed by atoms with van der Waals surface area (Å²) >= 11 is 0. The first-order valence-electron chi connectivity index (χ1n) is 7.54. The van der Waals surface area contributed by atoms with Crippen LogP contribution in [-0.4, -0.2) is 47.6 Å². The lowest BCUT2D eigenvalue weighted by molar-refractivity contribution is -0.151. The third-order valence-electron chi connectivity index (χ3n) is 4.30. The lowest BCUT2D eigenvalue weighted by Crippen LogP contribution is -2.40. The van der Waals surface area contributed by atoms with Crippen LogP contribution in [0.15, 0.2) is 0 Å². The van der Waals surface area contributed by atoms with Gasteiger partial charge >= 0.3 is 5.97 Å². The van der Waals surface area contributed by atoms with E-state index in [-0.39, 0.29) is 11.8 Å². The Morgan fingerprint density at radius 1 is 1.30 bits per heavy atom. The summed E-state index contributed by atoms with van der Waals surface area (Å²) < 4.78 is 0. The molecule has 1 saturated heterocycles. The van der Waals surface area contributed by atoms with Gasteiger partial charge in [0.1, 0.15) is 0 Å². The molecule has 0 aromatic carbocycles. The van der Waals surface area contributed by atoms with Crippen LogP contribution in [0.25, 0.3) is 0 Å². The number of likely N-dealkylation sites (tertiary alicyclic amines) is 1. The molecule has 0 aromatic rings. The van der Waals surface area contributed by atoms with Gasteiger partial charge in [-0.05, 0) is 25.3 Å². The summed E-state index contributed by atoms with van der Waals surface area (Å²) in [5.41, 5.74) is -0.758. The molecule has 1 amide bonds. The number of nitrogens with zero attached hydrogens (tertiary/aromatic N) is 1. The zero-order valence-corrected chi connectivity index (χ0v) is 13.1. The van der Waals surface area contributed by atoms with Crippen LogP contribution >= 0.6 is 0 Å². The zero-order valence-electron chi connectivity index (χ0n) is 13.1. The first kappa shape index (κ1) is 17.0. The number of carbonyl (C=O) groups excluding carboxylic acids is 1. The molecule has 1 atom stereocenters. The van der Waals surface area contributed by atoms with E-state index in [1.165, 1.54) is 0 Å². The van der Waals surface area contributed by atoms with Crippen molar-refractivity contribution in [2.75, 3.05) is 19.6 Å². The van der Waals surface area contributed by atoms with Gasteiger partial charge in [-0.25, -0.2) is 0 Å². The van der Waals surface area contributed by atoms with E-state index in [0.29, 0.717) is 32.0 Å². The van der Waals surface area contributed by atoms with Crippen molar-refractivity contribution in [2.45, 2.75) is 53.0 Å². The highest BCUT2D eigenvalue weighted by Gasteiger charge is 2.48. The third-order valence-corrected chi connectivity index (χ3v) is 4.30. The molecule has 116 valence electrons. The Morgan fingerprint density at radius 3 is 2.40 bits per heavy atom. The van der Waals surface area contributed by atoms with E-state index in [9.17, 15) is 14.7 Å². The van der Waals surface area contributed by atoms with Gasteiger partial charge in [-0.1, -0.05) is 27.7 Å². The fourth-order valence-corrected chi connectivity index (χ4v) is 2.73. The normalized spacial score (nSPS) is 22.8. The predicted molar refractivity (Wildman–Crippen MR) is 78.5 cm³/mol. The smallest absolute Gasteiger partial charge is 0.311 e. The van der Waals surface area contributed by atoms with Crippen LogP contribution in [0.3, 0.4) is 0 Å². The van der Waals surface area contributed by atoms with Crippen molar-refractivity contribution in [1.29, 1.82) is 0 Å². The molecule has 0 aliphatic carbocycles. The fraction of sp³-hybridized carbons (Fsp3) is 0.867. The van der Waals surface area contributed by atoms with Crippen molar-refractivity contribution in [1.82, 2.24) is 10.2 Å². The summed E-state index contributed by atoms with van der Waals surface area (Å²) in [5.74, 6) is -0.649. The van der Waals surface area contributed by atoms with E-state index in [0.717, 1.165) is 13.0 Å². The molecule has 1 aliphatic heterocycles. The maximum absolute atomic E-state index is 12.1. The Labute approximate surface area is 121 Å². The second-order valence-corrected chi connectivity index (χ2v) is 6.39. The summed E-state index contributed by atoms with van der Waals surface area (Å²) in [6.07, 6.45) is 1.86. The van der Waals surface area contributed by atoms with Crippen molar-refractivity contribution >= 4 is 11.9 Å². The Balaban J connectivity index is 2.46. The Hall–Kier alpha value is -1.10. The molecule has 20 heavy (non-hydrogen) atoms. The average molecular weight is 284 g/mol. The number of carboxylic acid groups (broad SMARTS) is 1. The number of amides is 1. The van der Waals surface area contributed by atoms with Crippen molar-refractivity contribution in [3.05, 3.63) is 0 Å². The molecule has 0 radical (unpaired) electrons. The van der Waals surface area contributed by atoms with Crippen LogP contribution in [0.4, 0.5) is 0 Å². The van der Waals surface area contributed by atoms with E-state index in [4.69, 9.17) is 0 Å². The minimum absolute atomic E-state index is 0.0420. The predicted octanol–water partition coefficient (Wildman–Crippen LogP) is 1.72. The summed E-state index contributed by atoms with van der Waals surface area (Å²) in [4.78, 5) is 25.4. The van der Waals surface area contributed by atoms with Gasteiger partial charge < -0.3 is 15.3 Å². The summed E-state index contributed by atoms with van der Waals surface area (Å²) in [7, 11) is 0. The third kappa shape index (κ3) is 3.95. The number of carboxylic acids is 1. The lowest BCUT2D eigenvalue weighted by Gasteiger charge is -2.28. The van der Waals surface area contributed by atoms with Crippen molar-refractivity contribution in [2.24, 2.45) is 11.3 Å². The Bertz CT molecular complexity index is 355. The SMILES string of the molecule is CC(C)NCCCC(=O)N1CCC(C(=O)O)(C(C)C)C1. The summed E-state index contributed by atoms with van der Waals surface area (Å²) in [6, 6.07) is 0.428. The highest BCUT2D eigenvalue weighted by Crippen LogP contribution is 2.38. The number of nitrogens with one attached hydrogen (secondary N) is 1. The molecule has 1 fully saturated rings. The van der Waals surface area contributed by atoms with Gasteiger partial charge in [0.05, 0.1) is 5.41 Å². The molecular weight excluding hydrogens is 256 g/mol. The molecule has 1 unspecified atom stereocenters. The second-order valence-electron chi connectivity index (χ2n) is 6.39. The van der Waals surface area contributed by atoms with Crippen LogP contribution in [0, 0.1) is 11.3 Å². The molecule has 2 N–H and O–H groups in total. The van der Waals surface area contributed by atoms with Gasteiger partial charge in [0.2, 0.25) is 5.91 Å². The molecule has 0 bridgehead atoms. The number of hydrogen-bond acceptors (Lipinski definition) is 3. The summed E-state index contributed by atoms with van der Waals surface area (Å²) in [5, 5.41) is 12.7. The van der Waals surface area contributed by atoms with Crippen molar-refractivity contribution in [3.63, 3.8) is 0 Å². The average Bonchev–Trinajstić information content (AvgIpc) is 2.80. The van der Waals surface area contributed by atoms with Crippen LogP contribution < -0.4 is 5.32 Å². The van der Waals surface area contributed by atoms with E-state index < -0.39 is 11.4 Å². The highest BCUT2D eigenvalue weighted by molar-refractivity contribution is 5.80. The standard InChI is InChI=1S/C15H28N2O3/c1-11(2)15(14(19)20)7-9-17(10-15)13(18)6-5-8-16-12(3)4/h11-12,16H,5-10H2,1-4H3,(H,19,20). The molecule has 0 saturated carbocycles. The maximum Gasteiger partial charge on any atom is 0.311 e. The van der Waals surface area contributed by atoms with E-state index >= 15 is 0 Å². The minimum atomic E-state index is -0.774. The largest absolute Gasteiger partial charge is 0.481 e. The lowest BCUT2D eigenvalue weighted by atomic mass is 9.76. The number of aliphatic carboxylic acids is 1. The highest BCUT2D eigenvalue weighted by atomic mass is 16.4. The van der Waals surface area contributed by atoms with Gasteiger partial charge in [-0.3, -0.25) is 9.59 Å². The molecule has 0 aromatic heterocycles. The van der Waals surface area contributed by atoms with Crippen LogP contribution in [0.5, 0.6) is 0 Å². The van der Waals surface area contributed by atoms with Crippen molar-refractivity contribution < 1.29 is 14.7 Å². The summed E-state index contributed by atoms with van der Waals surface area (Å²) in [6.45, 7) is 9.75. The molecule has 5 nitrogen and oxygen atoms in total. The molecule has 0 spiro atoms. The van der Waals surface area contributed by atoms with E-state index in [2.05, 4.69) is 19.2 Å². The first-order valence-corrected chi connectivity index (χ1v) is 7.54. The second kappa shape index (κ2) is 7.07. The van der Waals surface area contributed by atoms with Gasteiger partial charge in [-0.15, -0.1) is 0 Å². The molecule has 1 aliphatic rings. The minimum Gasteiger partial charge on any atom is -0.481 e. The van der Waals surface area contributed by atoms with Gasteiger partial charge in [0.25, 0.3) is 0 Å². The van der Waals surface area contributed by atoms with Gasteiger partial charge in [0.15, 0.2) is 0 Å². The van der Waals surface area contributed by atoms with Crippen LogP contribution in [-0.2, 0) is 9.59 Å². The number of rotatable bonds is 7. The fourth-order valence-electron chi connectivity index (χ4n) is 2.73. The monoisotopic (exact) mass is 284 g/mol. The number of carbonyl (C=O) groups is 2. The Kier molecular flexibility index (Phi) is 5.99. The maximum atomic E-state index is 12.1. The molecule has 1 rings (SSSR count). The van der Waals surface area contributed by atoms with E-state index in [1.54, 1.807) is 4.90 Å². The van der Waals surface area contributed by atoms with Crippen molar-refractivity contribution in [3.8, 4) is 0 Å². The van der Waals surface area contributed by atoms with Gasteiger partial charge in [0, 0.05) is 25.6 Å². The Morgan fingerprint density at radius 2 is 1.95 bits per heavy atom. The molecule has 5 heteroatoms. The van der Waals surface area contributed by atoms with Gasteiger partial charge in [-0.2, -0.15) is 0 Å². The molecule has 1 heterocycles. The van der Waals surface area contributed by atoms with Crippen LogP contribution in [0.1, 0.15) is 47.0 Å². The van der Waals surface area contributed by atoms with Crippen LogP contribution in [0.2, 0.25) is 0 Å². The zero-order chi connectivity index (χ0) is 15.3. The topological polar surface area (TPSA) is 69.6 Å². The molecular formula is C15H28N2O3.